The molecule has 0 bridgehead atoms. The highest BCUT2D eigenvalue weighted by atomic mass is 19.1. The molecule has 2 atom stereocenters. The summed E-state index contributed by atoms with van der Waals surface area (Å²) in [5.74, 6) is -0.528. The highest BCUT2D eigenvalue weighted by Gasteiger charge is 2.24. The minimum absolute atomic E-state index is 0.122. The maximum Gasteiger partial charge on any atom is 0.252 e. The maximum absolute atomic E-state index is 14.3. The van der Waals surface area contributed by atoms with E-state index in [1.165, 1.54) is 18.2 Å². The van der Waals surface area contributed by atoms with Gasteiger partial charge in [-0.25, -0.2) is 14.4 Å². The number of phenolic OH excluding ortho intramolecular Hbond substituents is 1. The van der Waals surface area contributed by atoms with E-state index in [0.717, 1.165) is 41.7 Å². The Morgan fingerprint density at radius 1 is 1.12 bits per heavy atom. The molecule has 9 heteroatoms. The van der Waals surface area contributed by atoms with E-state index >= 15 is 0 Å². The van der Waals surface area contributed by atoms with Crippen LogP contribution in [0.1, 0.15) is 39.6 Å². The van der Waals surface area contributed by atoms with Crippen molar-refractivity contribution in [1.82, 2.24) is 20.3 Å². The number of halogens is 1. The van der Waals surface area contributed by atoms with Crippen LogP contribution in [0.25, 0.3) is 22.3 Å². The van der Waals surface area contributed by atoms with Gasteiger partial charge in [0.25, 0.3) is 5.91 Å². The fourth-order valence-corrected chi connectivity index (χ4v) is 5.24. The Morgan fingerprint density at radius 3 is 2.67 bits per heavy atom. The number of fused-ring (bicyclic) bond motifs is 1. The number of aryl methyl sites for hydroxylation is 1. The molecule has 1 aliphatic rings. The summed E-state index contributed by atoms with van der Waals surface area (Å²) in [7, 11) is 0. The van der Waals surface area contributed by atoms with Gasteiger partial charge in [0.1, 0.15) is 11.6 Å². The molecule has 0 radical (unpaired) electrons. The summed E-state index contributed by atoms with van der Waals surface area (Å²) >= 11 is 0. The number of phenols is 1. The van der Waals surface area contributed by atoms with Gasteiger partial charge in [0, 0.05) is 47.0 Å². The van der Waals surface area contributed by atoms with Crippen LogP contribution in [0.15, 0.2) is 79.1 Å². The topological polar surface area (TPSA) is 120 Å². The van der Waals surface area contributed by atoms with Crippen LogP contribution in [-0.4, -0.2) is 45.1 Å². The number of benzene rings is 3. The summed E-state index contributed by atoms with van der Waals surface area (Å²) in [5.41, 5.74) is 10.6. The number of carbonyl (C=O) groups excluding carboxylic acids is 1. The quantitative estimate of drug-likeness (QED) is 0.247. The minimum atomic E-state index is -0.832. The lowest BCUT2D eigenvalue weighted by molar-refractivity contribution is 0.0942. The maximum atomic E-state index is 14.3. The number of nitrogens with one attached hydrogen (secondary N) is 2. The van der Waals surface area contributed by atoms with E-state index in [4.69, 9.17) is 5.73 Å². The molecule has 6 rings (SSSR count). The van der Waals surface area contributed by atoms with Crippen LogP contribution in [0.3, 0.4) is 0 Å². The molecule has 3 aromatic carbocycles. The predicted molar refractivity (Wildman–Crippen MR) is 153 cm³/mol. The van der Waals surface area contributed by atoms with E-state index in [1.807, 2.05) is 43.3 Å². The lowest BCUT2D eigenvalue weighted by Crippen LogP contribution is -2.30. The van der Waals surface area contributed by atoms with Crippen LogP contribution in [0.2, 0.25) is 0 Å². The van der Waals surface area contributed by atoms with Crippen molar-refractivity contribution in [3.05, 3.63) is 107 Å². The summed E-state index contributed by atoms with van der Waals surface area (Å²) in [4.78, 5) is 28.2. The van der Waals surface area contributed by atoms with E-state index in [1.54, 1.807) is 24.5 Å². The normalized spacial score (nSPS) is 15.9. The van der Waals surface area contributed by atoms with E-state index < -0.39 is 11.9 Å². The number of hydrogen-bond donors (Lipinski definition) is 4. The Bertz CT molecular complexity index is 1670. The van der Waals surface area contributed by atoms with E-state index in [0.29, 0.717) is 22.6 Å². The number of para-hydroxylation sites is 1. The first-order valence-electron chi connectivity index (χ1n) is 13.2. The summed E-state index contributed by atoms with van der Waals surface area (Å²) in [6.45, 7) is 3.54. The average Bonchev–Trinajstić information content (AvgIpc) is 3.59. The number of H-pyrrole nitrogens is 1. The Morgan fingerprint density at radius 2 is 1.93 bits per heavy atom. The largest absolute Gasteiger partial charge is 0.508 e. The molecule has 5 N–H and O–H groups in total. The van der Waals surface area contributed by atoms with Crippen molar-refractivity contribution in [1.29, 1.82) is 0 Å². The predicted octanol–water partition coefficient (Wildman–Crippen LogP) is 4.83. The number of amides is 1. The van der Waals surface area contributed by atoms with Crippen LogP contribution in [0.4, 0.5) is 10.1 Å². The zero-order valence-electron chi connectivity index (χ0n) is 21.9. The average molecular weight is 537 g/mol. The highest BCUT2D eigenvalue weighted by Crippen LogP contribution is 2.32. The molecule has 3 heterocycles. The smallest absolute Gasteiger partial charge is 0.252 e. The summed E-state index contributed by atoms with van der Waals surface area (Å²) in [6.07, 6.45) is 4.49. The number of hydrogen-bond acceptors (Lipinski definition) is 6. The number of aromatic hydroxyl groups is 1. The van der Waals surface area contributed by atoms with Gasteiger partial charge in [0.2, 0.25) is 0 Å². The van der Waals surface area contributed by atoms with Crippen LogP contribution < -0.4 is 16.0 Å². The van der Waals surface area contributed by atoms with Gasteiger partial charge in [-0.15, -0.1) is 0 Å². The molecule has 1 aliphatic heterocycles. The Labute approximate surface area is 230 Å². The third kappa shape index (κ3) is 5.11. The molecule has 0 saturated carbocycles. The SMILES string of the molecule is Cc1cc(C(=O)NC(c2cc3ccccc3[nH]2)c2cc(F)ccc2O)cc(-c2ncc(N3CC[C@@H](N)C3)cn2)c1. The number of rotatable bonds is 6. The summed E-state index contributed by atoms with van der Waals surface area (Å²) < 4.78 is 14.3. The standard InChI is InChI=1S/C31H29FN6O2/c1-18-10-20(30-34-15-24(16-35-30)38-9-8-23(33)17-38)12-21(11-18)31(40)37-29(25-14-22(32)6-7-28(25)39)27-13-19-4-2-3-5-26(19)36-27/h2-7,10-16,23,29,36,39H,8-9,17,33H2,1H3,(H,37,40)/t23-,29?/m1/s1. The zero-order chi connectivity index (χ0) is 27.8. The monoisotopic (exact) mass is 536 g/mol. The third-order valence-corrected chi connectivity index (χ3v) is 7.26. The van der Waals surface area contributed by atoms with Gasteiger partial charge in [0.05, 0.1) is 24.1 Å². The van der Waals surface area contributed by atoms with Gasteiger partial charge in [0.15, 0.2) is 5.82 Å². The summed E-state index contributed by atoms with van der Waals surface area (Å²) in [6, 6.07) is 18.0. The molecule has 0 spiro atoms. The summed E-state index contributed by atoms with van der Waals surface area (Å²) in [5, 5.41) is 14.5. The van der Waals surface area contributed by atoms with Gasteiger partial charge in [-0.3, -0.25) is 4.79 Å². The molecule has 40 heavy (non-hydrogen) atoms. The molecule has 5 aromatic rings. The lowest BCUT2D eigenvalue weighted by Gasteiger charge is -2.20. The van der Waals surface area contributed by atoms with Gasteiger partial charge in [-0.1, -0.05) is 18.2 Å². The Kier molecular flexibility index (Phi) is 6.65. The van der Waals surface area contributed by atoms with Gasteiger partial charge in [-0.05, 0) is 72.8 Å². The van der Waals surface area contributed by atoms with Crippen molar-refractivity contribution in [2.75, 3.05) is 18.0 Å². The number of aromatic amines is 1. The molecule has 0 aliphatic carbocycles. The molecule has 1 amide bonds. The third-order valence-electron chi connectivity index (χ3n) is 7.26. The number of nitrogens with two attached hydrogens (primary N) is 1. The second-order valence-electron chi connectivity index (χ2n) is 10.3. The molecule has 1 fully saturated rings. The Hall–Kier alpha value is -4.76. The van der Waals surface area contributed by atoms with Gasteiger partial charge in [-0.2, -0.15) is 0 Å². The number of carbonyl (C=O) groups is 1. The van der Waals surface area contributed by atoms with Crippen LogP contribution in [0, 0.1) is 12.7 Å². The minimum Gasteiger partial charge on any atom is -0.508 e. The molecule has 1 saturated heterocycles. The Balaban J connectivity index is 1.32. The second kappa shape index (κ2) is 10.4. The number of anilines is 1. The highest BCUT2D eigenvalue weighted by molar-refractivity contribution is 5.96. The number of aromatic nitrogens is 3. The van der Waals surface area contributed by atoms with E-state index in [2.05, 4.69) is 25.2 Å². The fraction of sp³-hybridized carbons (Fsp3) is 0.194. The first-order chi connectivity index (χ1) is 19.3. The van der Waals surface area contributed by atoms with Crippen molar-refractivity contribution >= 4 is 22.5 Å². The molecular formula is C31H29FN6O2. The van der Waals surface area contributed by atoms with Crippen LogP contribution in [0.5, 0.6) is 5.75 Å². The van der Waals surface area contributed by atoms with Crippen molar-refractivity contribution in [2.24, 2.45) is 5.73 Å². The molecule has 2 aromatic heterocycles. The molecular weight excluding hydrogens is 507 g/mol. The number of nitrogens with zero attached hydrogens (tertiary/aromatic N) is 3. The molecule has 202 valence electrons. The van der Waals surface area contributed by atoms with Gasteiger partial charge >= 0.3 is 0 Å². The van der Waals surface area contributed by atoms with Gasteiger partial charge < -0.3 is 26.0 Å². The first-order valence-corrected chi connectivity index (χ1v) is 13.2. The van der Waals surface area contributed by atoms with Crippen molar-refractivity contribution in [3.8, 4) is 17.1 Å². The first kappa shape index (κ1) is 25.5. The second-order valence-corrected chi connectivity index (χ2v) is 10.3. The van der Waals surface area contributed by atoms with Crippen molar-refractivity contribution in [3.63, 3.8) is 0 Å². The molecule has 8 nitrogen and oxygen atoms in total. The van der Waals surface area contributed by atoms with E-state index in [9.17, 15) is 14.3 Å². The fourth-order valence-electron chi connectivity index (χ4n) is 5.24. The zero-order valence-corrected chi connectivity index (χ0v) is 21.9. The van der Waals surface area contributed by atoms with E-state index in [-0.39, 0.29) is 23.3 Å². The molecule has 1 unspecified atom stereocenters. The lowest BCUT2D eigenvalue weighted by atomic mass is 10.0. The van der Waals surface area contributed by atoms with Crippen molar-refractivity contribution < 1.29 is 14.3 Å². The van der Waals surface area contributed by atoms with Crippen LogP contribution in [-0.2, 0) is 0 Å². The van der Waals surface area contributed by atoms with Crippen LogP contribution >= 0.6 is 0 Å². The van der Waals surface area contributed by atoms with Crippen molar-refractivity contribution in [2.45, 2.75) is 25.4 Å².